The molecule has 0 bridgehead atoms. The molecule has 0 rings (SSSR count). The number of aliphatic hydroxyl groups excluding tert-OH is 1. The minimum absolute atomic E-state index is 0.472. The molecule has 0 aromatic rings. The average molecular weight is 90.1 g/mol. The van der Waals surface area contributed by atoms with Gasteiger partial charge in [0.05, 0.1) is 0 Å². The third-order valence-corrected chi connectivity index (χ3v) is 0.231. The van der Waals surface area contributed by atoms with Crippen molar-refractivity contribution in [2.45, 2.75) is 0 Å². The predicted octanol–water partition coefficient (Wildman–Crippen LogP) is -0.203. The number of hydrogen-bond donors (Lipinski definition) is 1. The maximum atomic E-state index is 9.21. The van der Waals surface area contributed by atoms with E-state index in [1.54, 1.807) is 0 Å². The summed E-state index contributed by atoms with van der Waals surface area (Å²) in [5.74, 6) is 0. The molecule has 0 fully saturated rings. The first-order valence-electron chi connectivity index (χ1n) is 1.35. The highest BCUT2D eigenvalue weighted by Crippen LogP contribution is 1.66. The Balaban J connectivity index is 2.83. The van der Waals surface area contributed by atoms with Crippen LogP contribution in [-0.2, 0) is 0 Å². The number of rotatable bonds is 2. The van der Waals surface area contributed by atoms with E-state index in [9.17, 15) is 10.1 Å². The second-order valence-corrected chi connectivity index (χ2v) is 0.698. The summed E-state index contributed by atoms with van der Waals surface area (Å²) in [5, 5.41) is 16.9. The van der Waals surface area contributed by atoms with Crippen molar-refractivity contribution >= 4 is 0 Å². The molecule has 1 N–H and O–H groups in total. The summed E-state index contributed by atoms with van der Waals surface area (Å²) in [7, 11) is 0. The van der Waals surface area contributed by atoms with Crippen LogP contribution in [0.25, 0.3) is 0 Å². The molecule has 0 heterocycles. The lowest BCUT2D eigenvalue weighted by Crippen LogP contribution is -1.99. The van der Waals surface area contributed by atoms with Gasteiger partial charge in [-0.15, -0.1) is 0 Å². The zero-order chi connectivity index (χ0) is 4.99. The highest BCUT2D eigenvalue weighted by atomic mass is 16.6. The molecule has 0 unspecified atom stereocenters. The lowest BCUT2D eigenvalue weighted by atomic mass is 10.7. The molecule has 0 atom stereocenters. The molecule has 0 aromatic carbocycles. The van der Waals surface area contributed by atoms with Crippen molar-refractivity contribution in [1.29, 1.82) is 0 Å². The number of nitro groups is 1. The van der Waals surface area contributed by atoms with E-state index in [4.69, 9.17) is 5.11 Å². The topological polar surface area (TPSA) is 63.4 Å². The van der Waals surface area contributed by atoms with Gasteiger partial charge in [0.2, 0.25) is 6.54 Å². The first-order chi connectivity index (χ1) is 2.77. The number of nitrogens with zero attached hydrogens (tertiary/aromatic N) is 1. The van der Waals surface area contributed by atoms with Gasteiger partial charge in [-0.25, -0.2) is 0 Å². The van der Waals surface area contributed by atoms with Crippen LogP contribution in [0.3, 0.4) is 0 Å². The molecule has 4 nitrogen and oxygen atoms in total. The van der Waals surface area contributed by atoms with Gasteiger partial charge in [0.15, 0.2) is 6.61 Å². The van der Waals surface area contributed by atoms with Gasteiger partial charge in [0.25, 0.3) is 0 Å². The van der Waals surface area contributed by atoms with Gasteiger partial charge in [0.1, 0.15) is 0 Å². The van der Waals surface area contributed by atoms with Crippen LogP contribution in [0.4, 0.5) is 0 Å². The Hall–Kier alpha value is -0.640. The molecular formula is C2H4NO3. The van der Waals surface area contributed by atoms with E-state index in [1.165, 1.54) is 0 Å². The molecular weight excluding hydrogens is 86.0 g/mol. The summed E-state index contributed by atoms with van der Waals surface area (Å²) in [4.78, 5) is 8.59. The van der Waals surface area contributed by atoms with Crippen molar-refractivity contribution in [2.24, 2.45) is 0 Å². The highest BCUT2D eigenvalue weighted by molar-refractivity contribution is 4.35. The Labute approximate surface area is 34.6 Å². The third kappa shape index (κ3) is 3.36. The Kier molecular flexibility index (Phi) is 2.31. The van der Waals surface area contributed by atoms with Gasteiger partial charge in [-0.1, -0.05) is 0 Å². The molecule has 35 valence electrons. The fourth-order valence-corrected chi connectivity index (χ4v) is 0.0667. The van der Waals surface area contributed by atoms with Crippen molar-refractivity contribution in [3.05, 3.63) is 16.7 Å². The fourth-order valence-electron chi connectivity index (χ4n) is 0.0667. The van der Waals surface area contributed by atoms with Crippen molar-refractivity contribution in [3.63, 3.8) is 0 Å². The van der Waals surface area contributed by atoms with Crippen molar-refractivity contribution in [2.75, 3.05) is 6.54 Å². The van der Waals surface area contributed by atoms with E-state index in [1.807, 2.05) is 0 Å². The summed E-state index contributed by atoms with van der Waals surface area (Å²) >= 11 is 0. The SMILES string of the molecule is O=[N+]([O-])C[CH]O. The van der Waals surface area contributed by atoms with Gasteiger partial charge >= 0.3 is 0 Å². The standard InChI is InChI=1S/C2H4NO3/c4-2-1-3(5)6/h2,4H,1H2. The third-order valence-electron chi connectivity index (χ3n) is 0.231. The van der Waals surface area contributed by atoms with Crippen LogP contribution in [0, 0.1) is 16.7 Å². The van der Waals surface area contributed by atoms with Crippen LogP contribution < -0.4 is 0 Å². The minimum atomic E-state index is -0.625. The summed E-state index contributed by atoms with van der Waals surface area (Å²) in [6, 6.07) is 0. The molecule has 1 radical (unpaired) electrons. The summed E-state index contributed by atoms with van der Waals surface area (Å²) < 4.78 is 0. The second-order valence-electron chi connectivity index (χ2n) is 0.698. The van der Waals surface area contributed by atoms with Crippen LogP contribution in [0.5, 0.6) is 0 Å². The van der Waals surface area contributed by atoms with E-state index in [2.05, 4.69) is 0 Å². The minimum Gasteiger partial charge on any atom is -0.383 e. The van der Waals surface area contributed by atoms with Crippen molar-refractivity contribution < 1.29 is 10.0 Å². The molecule has 0 spiro atoms. The summed E-state index contributed by atoms with van der Waals surface area (Å²) in [6.45, 7) is 0.0278. The Bertz CT molecular complexity index is 52.8. The Morgan fingerprint density at radius 1 is 2.00 bits per heavy atom. The Morgan fingerprint density at radius 3 is 2.50 bits per heavy atom. The molecule has 0 saturated carbocycles. The van der Waals surface area contributed by atoms with E-state index in [0.717, 1.165) is 0 Å². The van der Waals surface area contributed by atoms with E-state index in [0.29, 0.717) is 6.61 Å². The first-order valence-corrected chi connectivity index (χ1v) is 1.35. The maximum Gasteiger partial charge on any atom is 0.232 e. The summed E-state index contributed by atoms with van der Waals surface area (Å²) in [5.41, 5.74) is 0. The zero-order valence-electron chi connectivity index (χ0n) is 3.00. The van der Waals surface area contributed by atoms with Crippen LogP contribution in [0.2, 0.25) is 0 Å². The van der Waals surface area contributed by atoms with Crippen molar-refractivity contribution in [1.82, 2.24) is 0 Å². The van der Waals surface area contributed by atoms with Gasteiger partial charge in [-0.05, 0) is 0 Å². The van der Waals surface area contributed by atoms with Gasteiger partial charge in [-0.2, -0.15) is 0 Å². The molecule has 0 aliphatic heterocycles. The number of aliphatic hydroxyl groups is 1. The summed E-state index contributed by atoms with van der Waals surface area (Å²) in [6.07, 6.45) is 0. The van der Waals surface area contributed by atoms with E-state index >= 15 is 0 Å². The monoisotopic (exact) mass is 90.0 g/mol. The fraction of sp³-hybridized carbons (Fsp3) is 0.500. The lowest BCUT2D eigenvalue weighted by molar-refractivity contribution is -0.476. The van der Waals surface area contributed by atoms with Crippen LogP contribution in [-0.4, -0.2) is 16.6 Å². The predicted molar refractivity (Wildman–Crippen MR) is 18.1 cm³/mol. The average Bonchev–Trinajstić information content (AvgIpc) is 1.35. The highest BCUT2D eigenvalue weighted by Gasteiger charge is 1.88. The molecule has 6 heavy (non-hydrogen) atoms. The number of hydrogen-bond acceptors (Lipinski definition) is 3. The normalized spacial score (nSPS) is 8.17. The van der Waals surface area contributed by atoms with E-state index in [-0.39, 0.29) is 0 Å². The second kappa shape index (κ2) is 2.59. The zero-order valence-corrected chi connectivity index (χ0v) is 3.00. The van der Waals surface area contributed by atoms with Crippen LogP contribution >= 0.6 is 0 Å². The molecule has 0 aliphatic rings. The largest absolute Gasteiger partial charge is 0.383 e. The molecule has 0 amide bonds. The smallest absolute Gasteiger partial charge is 0.232 e. The molecule has 0 aromatic heterocycles. The lowest BCUT2D eigenvalue weighted by Gasteiger charge is -1.79. The quantitative estimate of drug-likeness (QED) is 0.377. The van der Waals surface area contributed by atoms with Gasteiger partial charge < -0.3 is 5.11 Å². The van der Waals surface area contributed by atoms with Gasteiger partial charge in [-0.3, -0.25) is 10.1 Å². The molecule has 0 aliphatic carbocycles. The van der Waals surface area contributed by atoms with Crippen LogP contribution in [0.1, 0.15) is 0 Å². The van der Waals surface area contributed by atoms with Gasteiger partial charge in [0, 0.05) is 4.92 Å². The van der Waals surface area contributed by atoms with Crippen LogP contribution in [0.15, 0.2) is 0 Å². The molecule has 4 heteroatoms. The van der Waals surface area contributed by atoms with Crippen molar-refractivity contribution in [3.8, 4) is 0 Å². The molecule has 0 saturated heterocycles. The Morgan fingerprint density at radius 2 is 2.50 bits per heavy atom. The maximum absolute atomic E-state index is 9.21. The van der Waals surface area contributed by atoms with E-state index < -0.39 is 11.5 Å². The first kappa shape index (κ1) is 5.36.